The highest BCUT2D eigenvalue weighted by atomic mass is 35.5. The van der Waals surface area contributed by atoms with Crippen molar-refractivity contribution in [2.45, 2.75) is 6.54 Å². The number of rotatable bonds is 4. The van der Waals surface area contributed by atoms with Gasteiger partial charge in [0.1, 0.15) is 6.07 Å². The Morgan fingerprint density at radius 3 is 2.50 bits per heavy atom. The van der Waals surface area contributed by atoms with E-state index in [-0.39, 0.29) is 5.69 Å². The summed E-state index contributed by atoms with van der Waals surface area (Å²) in [6.45, 7) is 0.514. The number of hydrogen-bond acceptors (Lipinski definition) is 4. The van der Waals surface area contributed by atoms with E-state index in [9.17, 15) is 10.1 Å². The molecule has 1 N–H and O–H groups in total. The molecule has 0 fully saturated rings. The predicted molar refractivity (Wildman–Crippen MR) is 76.6 cm³/mol. The van der Waals surface area contributed by atoms with Crippen LogP contribution in [0.25, 0.3) is 0 Å². The van der Waals surface area contributed by atoms with Gasteiger partial charge in [-0.1, -0.05) is 23.7 Å². The number of nitro benzene ring substituents is 1. The van der Waals surface area contributed by atoms with Crippen molar-refractivity contribution in [3.8, 4) is 6.07 Å². The number of anilines is 1. The van der Waals surface area contributed by atoms with Gasteiger partial charge in [-0.2, -0.15) is 5.26 Å². The van der Waals surface area contributed by atoms with Crippen LogP contribution in [0.4, 0.5) is 11.4 Å². The van der Waals surface area contributed by atoms with E-state index in [1.165, 1.54) is 12.1 Å². The lowest BCUT2D eigenvalue weighted by Gasteiger charge is -2.07. The summed E-state index contributed by atoms with van der Waals surface area (Å²) in [6, 6.07) is 13.4. The molecule has 0 saturated carbocycles. The van der Waals surface area contributed by atoms with Crippen molar-refractivity contribution in [2.24, 2.45) is 0 Å². The highest BCUT2D eigenvalue weighted by Gasteiger charge is 2.04. The highest BCUT2D eigenvalue weighted by Crippen LogP contribution is 2.21. The zero-order valence-corrected chi connectivity index (χ0v) is 11.1. The normalized spacial score (nSPS) is 9.80. The van der Waals surface area contributed by atoms with E-state index in [1.54, 1.807) is 30.3 Å². The minimum absolute atomic E-state index is 0.0650. The van der Waals surface area contributed by atoms with Gasteiger partial charge in [-0.3, -0.25) is 10.1 Å². The molecule has 2 rings (SSSR count). The van der Waals surface area contributed by atoms with Gasteiger partial charge in [0.15, 0.2) is 0 Å². The number of non-ortho nitro benzene ring substituents is 1. The van der Waals surface area contributed by atoms with Gasteiger partial charge in [-0.05, 0) is 23.8 Å². The maximum Gasteiger partial charge on any atom is 0.269 e. The number of nitriles is 1. The summed E-state index contributed by atoms with van der Waals surface area (Å²) in [6.07, 6.45) is 0. The molecule has 0 amide bonds. The Morgan fingerprint density at radius 1 is 1.25 bits per heavy atom. The Morgan fingerprint density at radius 2 is 1.95 bits per heavy atom. The van der Waals surface area contributed by atoms with Crippen LogP contribution in [0.3, 0.4) is 0 Å². The largest absolute Gasteiger partial charge is 0.381 e. The van der Waals surface area contributed by atoms with Crippen LogP contribution in [0.1, 0.15) is 11.1 Å². The summed E-state index contributed by atoms with van der Waals surface area (Å²) in [5.41, 5.74) is 2.19. The lowest BCUT2D eigenvalue weighted by atomic mass is 10.2. The van der Waals surface area contributed by atoms with E-state index < -0.39 is 4.92 Å². The van der Waals surface area contributed by atoms with Gasteiger partial charge in [-0.25, -0.2) is 0 Å². The molecule has 0 aliphatic carbocycles. The van der Waals surface area contributed by atoms with E-state index in [0.717, 1.165) is 11.3 Å². The first-order valence-corrected chi connectivity index (χ1v) is 6.15. The fraction of sp³-hybridized carbons (Fsp3) is 0.0714. The van der Waals surface area contributed by atoms with Crippen molar-refractivity contribution in [1.82, 2.24) is 0 Å². The van der Waals surface area contributed by atoms with Gasteiger partial charge in [0.05, 0.1) is 15.5 Å². The Hall–Kier alpha value is -2.58. The average Bonchev–Trinajstić information content (AvgIpc) is 2.45. The molecule has 100 valence electrons. The van der Waals surface area contributed by atoms with Crippen LogP contribution in [0.5, 0.6) is 0 Å². The summed E-state index contributed by atoms with van der Waals surface area (Å²) in [4.78, 5) is 10.1. The first-order valence-electron chi connectivity index (χ1n) is 5.77. The standard InChI is InChI=1S/C14H10ClN3O2/c15-14-7-12(4-3-11(14)8-16)17-9-10-1-5-13(6-2-10)18(19)20/h1-7,17H,9H2. The first kappa shape index (κ1) is 13.8. The third-order valence-electron chi connectivity index (χ3n) is 2.73. The van der Waals surface area contributed by atoms with Crippen molar-refractivity contribution in [2.75, 3.05) is 5.32 Å². The topological polar surface area (TPSA) is 79.0 Å². The van der Waals surface area contributed by atoms with Crippen LogP contribution >= 0.6 is 11.6 Å². The number of hydrogen-bond donors (Lipinski definition) is 1. The summed E-state index contributed by atoms with van der Waals surface area (Å²) >= 11 is 5.93. The summed E-state index contributed by atoms with van der Waals surface area (Å²) in [7, 11) is 0. The van der Waals surface area contributed by atoms with Crippen molar-refractivity contribution >= 4 is 23.0 Å². The average molecular weight is 288 g/mol. The molecule has 2 aromatic carbocycles. The van der Waals surface area contributed by atoms with Gasteiger partial charge in [0.2, 0.25) is 0 Å². The molecule has 0 saturated heterocycles. The number of nitrogens with zero attached hydrogens (tertiary/aromatic N) is 2. The summed E-state index contributed by atoms with van der Waals surface area (Å²) in [5, 5.41) is 22.8. The van der Waals surface area contributed by atoms with Gasteiger partial charge in [0, 0.05) is 24.4 Å². The molecule has 0 bridgehead atoms. The van der Waals surface area contributed by atoms with E-state index in [0.29, 0.717) is 17.1 Å². The predicted octanol–water partition coefficient (Wildman–Crippen LogP) is 3.73. The number of benzene rings is 2. The molecular formula is C14H10ClN3O2. The van der Waals surface area contributed by atoms with Gasteiger partial charge in [-0.15, -0.1) is 0 Å². The Balaban J connectivity index is 2.03. The third-order valence-corrected chi connectivity index (χ3v) is 3.05. The van der Waals surface area contributed by atoms with Crippen molar-refractivity contribution in [1.29, 1.82) is 5.26 Å². The molecule has 0 heterocycles. The fourth-order valence-electron chi connectivity index (χ4n) is 1.66. The lowest BCUT2D eigenvalue weighted by Crippen LogP contribution is -1.99. The Labute approximate surface area is 120 Å². The minimum atomic E-state index is -0.433. The molecule has 20 heavy (non-hydrogen) atoms. The molecule has 0 atom stereocenters. The molecule has 0 spiro atoms. The second-order valence-electron chi connectivity index (χ2n) is 4.08. The summed E-state index contributed by atoms with van der Waals surface area (Å²) in [5.74, 6) is 0. The molecular weight excluding hydrogens is 278 g/mol. The smallest absolute Gasteiger partial charge is 0.269 e. The molecule has 0 unspecified atom stereocenters. The van der Waals surface area contributed by atoms with Crippen LogP contribution < -0.4 is 5.32 Å². The van der Waals surface area contributed by atoms with E-state index in [1.807, 2.05) is 6.07 Å². The molecule has 0 radical (unpaired) electrons. The first-order chi connectivity index (χ1) is 9.60. The van der Waals surface area contributed by atoms with E-state index in [2.05, 4.69) is 5.32 Å². The quantitative estimate of drug-likeness (QED) is 0.686. The molecule has 2 aromatic rings. The number of halogens is 1. The van der Waals surface area contributed by atoms with Crippen LogP contribution in [-0.4, -0.2) is 4.92 Å². The number of nitrogens with one attached hydrogen (secondary N) is 1. The Bertz CT molecular complexity index is 678. The maximum atomic E-state index is 10.5. The summed E-state index contributed by atoms with van der Waals surface area (Å²) < 4.78 is 0. The van der Waals surface area contributed by atoms with E-state index in [4.69, 9.17) is 16.9 Å². The van der Waals surface area contributed by atoms with Gasteiger partial charge < -0.3 is 5.32 Å². The van der Waals surface area contributed by atoms with E-state index >= 15 is 0 Å². The molecule has 0 aliphatic rings. The Kier molecular flexibility index (Phi) is 4.18. The van der Waals surface area contributed by atoms with Gasteiger partial charge in [0.25, 0.3) is 5.69 Å². The third kappa shape index (κ3) is 3.25. The molecule has 0 aromatic heterocycles. The van der Waals surface area contributed by atoms with Crippen LogP contribution in [0.2, 0.25) is 5.02 Å². The molecule has 0 aliphatic heterocycles. The van der Waals surface area contributed by atoms with Gasteiger partial charge >= 0.3 is 0 Å². The van der Waals surface area contributed by atoms with Crippen molar-refractivity contribution in [3.63, 3.8) is 0 Å². The lowest BCUT2D eigenvalue weighted by molar-refractivity contribution is -0.384. The second-order valence-corrected chi connectivity index (χ2v) is 4.49. The SMILES string of the molecule is N#Cc1ccc(NCc2ccc([N+](=O)[O-])cc2)cc1Cl. The van der Waals surface area contributed by atoms with Crippen LogP contribution in [0.15, 0.2) is 42.5 Å². The number of nitro groups is 1. The zero-order valence-electron chi connectivity index (χ0n) is 10.3. The zero-order chi connectivity index (χ0) is 14.5. The molecule has 6 heteroatoms. The minimum Gasteiger partial charge on any atom is -0.381 e. The van der Waals surface area contributed by atoms with Crippen molar-refractivity contribution in [3.05, 3.63) is 68.7 Å². The highest BCUT2D eigenvalue weighted by molar-refractivity contribution is 6.32. The van der Waals surface area contributed by atoms with Crippen molar-refractivity contribution < 1.29 is 4.92 Å². The second kappa shape index (κ2) is 6.04. The monoisotopic (exact) mass is 287 g/mol. The van der Waals surface area contributed by atoms with Crippen LogP contribution in [0, 0.1) is 21.4 Å². The molecule has 5 nitrogen and oxygen atoms in total. The maximum absolute atomic E-state index is 10.5. The van der Waals surface area contributed by atoms with Crippen LogP contribution in [-0.2, 0) is 6.54 Å². The fourth-order valence-corrected chi connectivity index (χ4v) is 1.88.